The lowest BCUT2D eigenvalue weighted by molar-refractivity contribution is -0.145. The summed E-state index contributed by atoms with van der Waals surface area (Å²) in [5.74, 6) is -5.07. The molecule has 5 atom stereocenters. The third-order valence-corrected chi connectivity index (χ3v) is 9.50. The zero-order chi connectivity index (χ0) is 31.3. The Morgan fingerprint density at radius 2 is 1.86 bits per heavy atom. The Labute approximate surface area is 250 Å². The van der Waals surface area contributed by atoms with E-state index in [-0.39, 0.29) is 35.6 Å². The monoisotopic (exact) mass is 631 g/mol. The second-order valence-corrected chi connectivity index (χ2v) is 12.6. The topological polar surface area (TPSA) is 111 Å². The van der Waals surface area contributed by atoms with E-state index in [2.05, 4.69) is 5.32 Å². The van der Waals surface area contributed by atoms with Gasteiger partial charge in [-0.2, -0.15) is 13.2 Å². The molecule has 1 aromatic carbocycles. The van der Waals surface area contributed by atoms with Crippen molar-refractivity contribution in [1.82, 2.24) is 10.2 Å². The summed E-state index contributed by atoms with van der Waals surface area (Å²) < 4.78 is 57.4. The van der Waals surface area contributed by atoms with Gasteiger partial charge in [-0.05, 0) is 55.1 Å². The maximum Gasteiger partial charge on any atom is 0.431 e. The van der Waals surface area contributed by atoms with E-state index in [0.29, 0.717) is 12.6 Å². The molecule has 0 unspecified atom stereocenters. The van der Waals surface area contributed by atoms with Crippen LogP contribution in [0.1, 0.15) is 56.8 Å². The first-order chi connectivity index (χ1) is 19.5. The van der Waals surface area contributed by atoms with E-state index >= 15 is 0 Å². The molecule has 2 saturated carbocycles. The molecule has 13 heteroatoms. The molecular formula is C29H31Cl2F4N3O4. The lowest BCUT2D eigenvalue weighted by atomic mass is 9.78. The highest BCUT2D eigenvalue weighted by Crippen LogP contribution is 2.64. The number of ketones is 1. The van der Waals surface area contributed by atoms with Crippen molar-refractivity contribution in [3.63, 3.8) is 0 Å². The zero-order valence-corrected chi connectivity index (χ0v) is 24.6. The van der Waals surface area contributed by atoms with Gasteiger partial charge in [-0.25, -0.2) is 4.39 Å². The quantitative estimate of drug-likeness (QED) is 0.0725. The molecule has 7 nitrogen and oxygen atoms in total. The van der Waals surface area contributed by atoms with Gasteiger partial charge in [0.15, 0.2) is 5.78 Å². The van der Waals surface area contributed by atoms with Crippen LogP contribution in [0.5, 0.6) is 0 Å². The van der Waals surface area contributed by atoms with Crippen LogP contribution in [0.25, 0.3) is 0 Å². The molecule has 3 N–H and O–H groups in total. The SMILES string of the molecule is C[C@@H]1C[C@@H](N/C(=C(\C=N)C(=O)N(CC(=O)c2c(Cl)ccc(F)c2Cl)[C@H]2C=C3[C@H](C2)C3(C)C)C(F)(F)F)CC[C@@H]1C(=O)O. The summed E-state index contributed by atoms with van der Waals surface area (Å²) >= 11 is 12.1. The normalized spacial score (nSPS) is 26.9. The van der Waals surface area contributed by atoms with Crippen molar-refractivity contribution >= 4 is 47.1 Å². The minimum atomic E-state index is -5.07. The zero-order valence-electron chi connectivity index (χ0n) is 23.1. The number of carboxylic acid groups (broad SMARTS) is 1. The number of carboxylic acids is 1. The molecule has 2 fully saturated rings. The van der Waals surface area contributed by atoms with Gasteiger partial charge in [0.2, 0.25) is 0 Å². The van der Waals surface area contributed by atoms with E-state index < -0.39 is 82.0 Å². The number of halogens is 6. The van der Waals surface area contributed by atoms with Gasteiger partial charge in [-0.1, -0.05) is 55.6 Å². The molecule has 0 aliphatic heterocycles. The largest absolute Gasteiger partial charge is 0.481 e. The lowest BCUT2D eigenvalue weighted by Gasteiger charge is -2.35. The number of nitrogens with zero attached hydrogens (tertiary/aromatic N) is 1. The number of carbonyl (C=O) groups is 3. The Balaban J connectivity index is 1.70. The smallest absolute Gasteiger partial charge is 0.431 e. The highest BCUT2D eigenvalue weighted by Gasteiger charge is 2.57. The first-order valence-electron chi connectivity index (χ1n) is 13.5. The van der Waals surface area contributed by atoms with Crippen LogP contribution < -0.4 is 5.32 Å². The number of rotatable bonds is 9. The fraction of sp³-hybridized carbons (Fsp3) is 0.517. The summed E-state index contributed by atoms with van der Waals surface area (Å²) in [4.78, 5) is 39.6. The second-order valence-electron chi connectivity index (χ2n) is 11.8. The van der Waals surface area contributed by atoms with Crippen molar-refractivity contribution in [3.8, 4) is 0 Å². The molecule has 0 saturated heterocycles. The van der Waals surface area contributed by atoms with Crippen LogP contribution in [-0.2, 0) is 9.59 Å². The van der Waals surface area contributed by atoms with Crippen molar-refractivity contribution < 1.29 is 37.1 Å². The van der Waals surface area contributed by atoms with E-state index in [0.717, 1.165) is 22.6 Å². The van der Waals surface area contributed by atoms with Gasteiger partial charge >= 0.3 is 12.1 Å². The summed E-state index contributed by atoms with van der Waals surface area (Å²) in [5, 5.41) is 18.8. The van der Waals surface area contributed by atoms with Crippen LogP contribution in [0.3, 0.4) is 0 Å². The molecule has 3 aliphatic rings. The van der Waals surface area contributed by atoms with Crippen molar-refractivity contribution in [3.05, 3.63) is 56.5 Å². The summed E-state index contributed by atoms with van der Waals surface area (Å²) in [5.41, 5.74) is -1.96. The molecule has 0 bridgehead atoms. The number of Topliss-reactive ketones (excluding diaryl/α,β-unsaturated/α-hetero) is 1. The van der Waals surface area contributed by atoms with Gasteiger partial charge in [0.25, 0.3) is 5.91 Å². The van der Waals surface area contributed by atoms with Gasteiger partial charge in [0.05, 0.1) is 39.7 Å². The van der Waals surface area contributed by atoms with Crippen LogP contribution in [-0.4, -0.2) is 58.7 Å². The lowest BCUT2D eigenvalue weighted by Crippen LogP contribution is -2.47. The van der Waals surface area contributed by atoms with Crippen molar-refractivity contribution in [2.24, 2.45) is 23.2 Å². The van der Waals surface area contributed by atoms with Gasteiger partial charge in [0.1, 0.15) is 11.5 Å². The van der Waals surface area contributed by atoms with Crippen molar-refractivity contribution in [2.45, 2.75) is 64.7 Å². The Morgan fingerprint density at radius 3 is 2.38 bits per heavy atom. The van der Waals surface area contributed by atoms with Gasteiger partial charge in [0, 0.05) is 12.3 Å². The van der Waals surface area contributed by atoms with Crippen LogP contribution in [0.4, 0.5) is 17.6 Å². The third kappa shape index (κ3) is 6.08. The number of alkyl halides is 3. The molecular weight excluding hydrogens is 601 g/mol. The maximum atomic E-state index is 14.4. The first kappa shape index (κ1) is 32.0. The molecule has 0 heterocycles. The van der Waals surface area contributed by atoms with Crippen LogP contribution >= 0.6 is 23.2 Å². The molecule has 0 radical (unpaired) electrons. The fourth-order valence-corrected chi connectivity index (χ4v) is 6.90. The molecule has 4 rings (SSSR count). The number of carbonyl (C=O) groups excluding carboxylic acids is 2. The van der Waals surface area contributed by atoms with Crippen LogP contribution in [0.2, 0.25) is 10.0 Å². The fourth-order valence-electron chi connectivity index (χ4n) is 6.32. The number of fused-ring (bicyclic) bond motifs is 1. The summed E-state index contributed by atoms with van der Waals surface area (Å²) in [7, 11) is 0. The van der Waals surface area contributed by atoms with E-state index in [4.69, 9.17) is 28.6 Å². The van der Waals surface area contributed by atoms with Gasteiger partial charge in [-0.3, -0.25) is 14.4 Å². The second kappa shape index (κ2) is 11.6. The summed E-state index contributed by atoms with van der Waals surface area (Å²) in [6, 6.07) is 0.531. The molecule has 3 aliphatic carbocycles. The Hall–Kier alpha value is -2.92. The summed E-state index contributed by atoms with van der Waals surface area (Å²) in [6.45, 7) is 4.88. The molecule has 1 amide bonds. The molecule has 228 valence electrons. The predicted molar refractivity (Wildman–Crippen MR) is 149 cm³/mol. The van der Waals surface area contributed by atoms with Crippen LogP contribution in [0, 0.1) is 34.4 Å². The van der Waals surface area contributed by atoms with E-state index in [9.17, 15) is 37.1 Å². The predicted octanol–water partition coefficient (Wildman–Crippen LogP) is 6.44. The Bertz CT molecular complexity index is 1390. The van der Waals surface area contributed by atoms with Crippen LogP contribution in [0.15, 0.2) is 35.1 Å². The molecule has 0 aromatic heterocycles. The van der Waals surface area contributed by atoms with Gasteiger partial charge in [-0.15, -0.1) is 0 Å². The minimum Gasteiger partial charge on any atom is -0.481 e. The van der Waals surface area contributed by atoms with E-state index in [1.165, 1.54) is 0 Å². The van der Waals surface area contributed by atoms with Crippen molar-refractivity contribution in [1.29, 1.82) is 5.41 Å². The van der Waals surface area contributed by atoms with Gasteiger partial charge < -0.3 is 20.7 Å². The number of nitrogens with one attached hydrogen (secondary N) is 2. The number of allylic oxidation sites excluding steroid dienone is 2. The Kier molecular flexibility index (Phi) is 8.87. The maximum absolute atomic E-state index is 14.4. The number of hydrogen-bond donors (Lipinski definition) is 3. The molecule has 42 heavy (non-hydrogen) atoms. The number of hydrogen-bond acceptors (Lipinski definition) is 5. The highest BCUT2D eigenvalue weighted by atomic mass is 35.5. The number of benzene rings is 1. The van der Waals surface area contributed by atoms with E-state index in [1.54, 1.807) is 13.0 Å². The number of aliphatic carboxylic acids is 1. The average molecular weight is 632 g/mol. The van der Waals surface area contributed by atoms with Crippen molar-refractivity contribution in [2.75, 3.05) is 6.54 Å². The van der Waals surface area contributed by atoms with E-state index in [1.807, 2.05) is 13.8 Å². The third-order valence-electron chi connectivity index (χ3n) is 8.82. The average Bonchev–Trinajstić information content (AvgIpc) is 3.20. The first-order valence-corrected chi connectivity index (χ1v) is 14.3. The summed E-state index contributed by atoms with van der Waals surface area (Å²) in [6.07, 6.45) is -2.28. The minimum absolute atomic E-state index is 0.0766. The Morgan fingerprint density at radius 1 is 1.19 bits per heavy atom. The molecule has 0 spiro atoms. The highest BCUT2D eigenvalue weighted by molar-refractivity contribution is 6.40. The standard InChI is InChI=1S/C29H31Cl2F4N3O4/c1-13-8-14(4-5-16(13)27(41)42)37-25(29(33,34)35)17(11-36)26(40)38(15-9-18-19(10-15)28(18,2)3)12-22(39)23-20(30)6-7-21(32)24(23)31/h6-7,9,11,13-16,19,36-37H,4-5,8,10,12H2,1-3H3,(H,41,42)/b25-17+,36-11?/t13-,14+,15+,16+,19+/m1/s1. The number of amides is 1. The molecule has 1 aromatic rings.